The van der Waals surface area contributed by atoms with Crippen molar-refractivity contribution in [3.63, 3.8) is 0 Å². The molecule has 1 aliphatic heterocycles. The zero-order valence-corrected chi connectivity index (χ0v) is 13.1. The lowest BCUT2D eigenvalue weighted by Gasteiger charge is -2.15. The molecule has 0 unspecified atom stereocenters. The highest BCUT2D eigenvalue weighted by atomic mass is 16.2. The van der Waals surface area contributed by atoms with Crippen LogP contribution in [0, 0.1) is 0 Å². The molecule has 25 heavy (non-hydrogen) atoms. The summed E-state index contributed by atoms with van der Waals surface area (Å²) in [6.45, 7) is 0. The van der Waals surface area contributed by atoms with Crippen molar-refractivity contribution in [3.8, 4) is 5.69 Å². The van der Waals surface area contributed by atoms with E-state index in [1.165, 1.54) is 21.8 Å². The van der Waals surface area contributed by atoms with Gasteiger partial charge < -0.3 is 5.73 Å². The Morgan fingerprint density at radius 2 is 1.72 bits per heavy atom. The molecule has 1 aromatic heterocycles. The van der Waals surface area contributed by atoms with Crippen molar-refractivity contribution in [3.05, 3.63) is 69.0 Å². The number of nitrogen functional groups attached to an aromatic ring is 1. The number of carbonyl (C=O) groups excluding carboxylic acids is 2. The number of nitrogens with two attached hydrogens (primary N) is 1. The highest BCUT2D eigenvalue weighted by Gasteiger charge is 2.32. The molecule has 0 saturated carbocycles. The Balaban J connectivity index is 1.90. The second kappa shape index (κ2) is 4.57. The number of aromatic nitrogens is 1. The number of hydrogen-bond donors (Lipinski definition) is 2. The zero-order chi connectivity index (χ0) is 17.3. The Bertz CT molecular complexity index is 1180. The summed E-state index contributed by atoms with van der Waals surface area (Å²) < 4.78 is 1.32. The molecule has 0 radical (unpaired) electrons. The van der Waals surface area contributed by atoms with Crippen LogP contribution in [0.1, 0.15) is 31.8 Å². The Hall–Kier alpha value is -3.41. The van der Waals surface area contributed by atoms with Gasteiger partial charge in [-0.25, -0.2) is 0 Å². The number of nitrogens with one attached hydrogen (secondary N) is 1. The van der Waals surface area contributed by atoms with E-state index in [0.717, 1.165) is 23.6 Å². The minimum absolute atomic E-state index is 0.00968. The lowest BCUT2D eigenvalue weighted by atomic mass is 10.0. The number of nitrogens with zero attached hydrogens (tertiary/aromatic N) is 1. The fraction of sp³-hybridized carbons (Fsp3) is 0.105. The maximum absolute atomic E-state index is 12.7. The first kappa shape index (κ1) is 14.0. The van der Waals surface area contributed by atoms with Gasteiger partial charge >= 0.3 is 0 Å². The van der Waals surface area contributed by atoms with E-state index < -0.39 is 17.4 Å². The number of pyridine rings is 1. The van der Waals surface area contributed by atoms with Crippen LogP contribution in [0.25, 0.3) is 16.5 Å². The van der Waals surface area contributed by atoms with Gasteiger partial charge in [-0.15, -0.1) is 0 Å². The fourth-order valence-electron chi connectivity index (χ4n) is 3.95. The number of rotatable bonds is 1. The van der Waals surface area contributed by atoms with Gasteiger partial charge in [-0.2, -0.15) is 0 Å². The molecule has 2 aliphatic rings. The summed E-state index contributed by atoms with van der Waals surface area (Å²) in [6, 6.07) is 11.0. The lowest BCUT2D eigenvalue weighted by molar-refractivity contribution is 0.0880. The molecule has 6 heteroatoms. The van der Waals surface area contributed by atoms with E-state index in [1.54, 1.807) is 0 Å². The van der Waals surface area contributed by atoms with E-state index in [0.29, 0.717) is 5.69 Å². The van der Waals surface area contributed by atoms with Gasteiger partial charge in [-0.3, -0.25) is 24.3 Å². The second-order valence-electron chi connectivity index (χ2n) is 6.36. The minimum atomic E-state index is -0.587. The molecule has 3 N–H and O–H groups in total. The number of imide groups is 1. The number of benzene rings is 2. The second-order valence-corrected chi connectivity index (χ2v) is 6.36. The predicted octanol–water partition coefficient (Wildman–Crippen LogP) is 1.56. The lowest BCUT2D eigenvalue weighted by Crippen LogP contribution is -2.24. The summed E-state index contributed by atoms with van der Waals surface area (Å²) in [4.78, 5) is 36.5. The monoisotopic (exact) mass is 331 g/mol. The number of amides is 2. The smallest absolute Gasteiger partial charge is 0.262 e. The standard InChI is InChI=1S/C19H13N3O3/c20-17-16-12(18(24)21-19(16)25)8-14(23)22(17)13-7-6-10-5-4-9-2-1-3-11(13)15(9)10/h1-3,6-8H,4-5,20H2,(H,21,24,25). The highest BCUT2D eigenvalue weighted by Crippen LogP contribution is 2.35. The van der Waals surface area contributed by atoms with Crippen LogP contribution in [-0.4, -0.2) is 16.4 Å². The topological polar surface area (TPSA) is 94.2 Å². The van der Waals surface area contributed by atoms with Crippen LogP contribution in [0.4, 0.5) is 5.82 Å². The fourth-order valence-corrected chi connectivity index (χ4v) is 3.95. The maximum atomic E-state index is 12.7. The van der Waals surface area contributed by atoms with Crippen molar-refractivity contribution < 1.29 is 9.59 Å². The molecule has 6 nitrogen and oxygen atoms in total. The van der Waals surface area contributed by atoms with Crippen LogP contribution >= 0.6 is 0 Å². The van der Waals surface area contributed by atoms with E-state index in [9.17, 15) is 14.4 Å². The van der Waals surface area contributed by atoms with Gasteiger partial charge in [0, 0.05) is 11.5 Å². The van der Waals surface area contributed by atoms with Gasteiger partial charge in [0.2, 0.25) is 0 Å². The number of hydrogen-bond acceptors (Lipinski definition) is 4. The van der Waals surface area contributed by atoms with Crippen molar-refractivity contribution in [1.29, 1.82) is 0 Å². The summed E-state index contributed by atoms with van der Waals surface area (Å²) in [5, 5.41) is 4.25. The molecule has 5 rings (SSSR count). The van der Waals surface area contributed by atoms with Crippen molar-refractivity contribution >= 4 is 28.4 Å². The molecule has 0 fully saturated rings. The molecular weight excluding hydrogens is 318 g/mol. The van der Waals surface area contributed by atoms with Gasteiger partial charge in [0.15, 0.2) is 0 Å². The van der Waals surface area contributed by atoms with E-state index in [-0.39, 0.29) is 16.9 Å². The molecule has 122 valence electrons. The summed E-state index contributed by atoms with van der Waals surface area (Å²) in [5.41, 5.74) is 8.94. The SMILES string of the molecule is Nc1c2c(cc(=O)n1-c1ccc3c4c(cccc14)CC3)C(=O)NC2=O. The molecular formula is C19H13N3O3. The first-order valence-corrected chi connectivity index (χ1v) is 8.01. The van der Waals surface area contributed by atoms with Crippen molar-refractivity contribution in [1.82, 2.24) is 9.88 Å². The molecule has 0 spiro atoms. The third-order valence-electron chi connectivity index (χ3n) is 5.05. The third kappa shape index (κ3) is 1.71. The van der Waals surface area contributed by atoms with Crippen molar-refractivity contribution in [2.24, 2.45) is 0 Å². The average molecular weight is 331 g/mol. The summed E-state index contributed by atoms with van der Waals surface area (Å²) in [6.07, 6.45) is 1.95. The molecule has 2 amide bonds. The summed E-state index contributed by atoms with van der Waals surface area (Å²) in [7, 11) is 0. The number of carbonyl (C=O) groups is 2. The van der Waals surface area contributed by atoms with Gasteiger partial charge in [0.25, 0.3) is 17.4 Å². The van der Waals surface area contributed by atoms with Gasteiger partial charge in [0.1, 0.15) is 5.82 Å². The molecule has 0 atom stereocenters. The van der Waals surface area contributed by atoms with Crippen LogP contribution in [0.5, 0.6) is 0 Å². The number of aryl methyl sites for hydroxylation is 2. The van der Waals surface area contributed by atoms with E-state index in [4.69, 9.17) is 5.73 Å². The number of fused-ring (bicyclic) bond motifs is 1. The minimum Gasteiger partial charge on any atom is -0.384 e. The average Bonchev–Trinajstić information content (AvgIpc) is 3.12. The Kier molecular flexibility index (Phi) is 2.55. The van der Waals surface area contributed by atoms with Crippen LogP contribution in [0.2, 0.25) is 0 Å². The quantitative estimate of drug-likeness (QED) is 0.662. The number of anilines is 1. The van der Waals surface area contributed by atoms with Crippen LogP contribution < -0.4 is 16.6 Å². The first-order chi connectivity index (χ1) is 12.1. The summed E-state index contributed by atoms with van der Waals surface area (Å²) >= 11 is 0. The molecule has 2 aromatic carbocycles. The normalized spacial score (nSPS) is 14.9. The Labute approximate surface area is 141 Å². The molecule has 1 aliphatic carbocycles. The highest BCUT2D eigenvalue weighted by molar-refractivity contribution is 6.23. The first-order valence-electron chi connectivity index (χ1n) is 8.01. The molecule has 0 bridgehead atoms. The van der Waals surface area contributed by atoms with Crippen molar-refractivity contribution in [2.75, 3.05) is 5.73 Å². The third-order valence-corrected chi connectivity index (χ3v) is 5.05. The van der Waals surface area contributed by atoms with E-state index >= 15 is 0 Å². The van der Waals surface area contributed by atoms with E-state index in [2.05, 4.69) is 11.4 Å². The predicted molar refractivity (Wildman–Crippen MR) is 93.2 cm³/mol. The Morgan fingerprint density at radius 3 is 2.52 bits per heavy atom. The molecule has 2 heterocycles. The zero-order valence-electron chi connectivity index (χ0n) is 13.1. The molecule has 3 aromatic rings. The van der Waals surface area contributed by atoms with Crippen LogP contribution in [0.3, 0.4) is 0 Å². The van der Waals surface area contributed by atoms with E-state index in [1.807, 2.05) is 24.3 Å². The van der Waals surface area contributed by atoms with Gasteiger partial charge in [0.05, 0.1) is 16.8 Å². The summed E-state index contributed by atoms with van der Waals surface area (Å²) in [5.74, 6) is -1.17. The van der Waals surface area contributed by atoms with Crippen LogP contribution in [0.15, 0.2) is 41.2 Å². The maximum Gasteiger partial charge on any atom is 0.262 e. The Morgan fingerprint density at radius 1 is 0.960 bits per heavy atom. The van der Waals surface area contributed by atoms with Crippen molar-refractivity contribution in [2.45, 2.75) is 12.8 Å². The van der Waals surface area contributed by atoms with Crippen LogP contribution in [-0.2, 0) is 12.8 Å². The molecule has 0 saturated heterocycles. The van der Waals surface area contributed by atoms with Gasteiger partial charge in [-0.05, 0) is 35.4 Å². The largest absolute Gasteiger partial charge is 0.384 e. The van der Waals surface area contributed by atoms with Gasteiger partial charge in [-0.1, -0.05) is 24.3 Å².